The van der Waals surface area contributed by atoms with Gasteiger partial charge in [0.05, 0.1) is 0 Å². The molecular weight excluding hydrogens is 464 g/mol. The van der Waals surface area contributed by atoms with Crippen LogP contribution >= 0.6 is 0 Å². The molecule has 1 fully saturated rings. The van der Waals surface area contributed by atoms with Gasteiger partial charge in [-0.1, -0.05) is 75.9 Å². The number of hydrogen-bond acceptors (Lipinski definition) is 0. The first-order valence-electron chi connectivity index (χ1n) is 11.8. The molecule has 1 heteroatoms. The van der Waals surface area contributed by atoms with E-state index >= 15 is 0 Å². The predicted molar refractivity (Wildman–Crippen MR) is 140 cm³/mol. The summed E-state index contributed by atoms with van der Waals surface area (Å²) in [6.45, 7) is 18.3. The normalized spacial score (nSPS) is 15.0. The van der Waals surface area contributed by atoms with Crippen LogP contribution in [0, 0.1) is 19.9 Å². The van der Waals surface area contributed by atoms with Gasteiger partial charge in [-0.2, -0.15) is 6.08 Å². The van der Waals surface area contributed by atoms with Crippen LogP contribution in [0.5, 0.6) is 0 Å². The Morgan fingerprint density at radius 3 is 1.47 bits per heavy atom. The van der Waals surface area contributed by atoms with E-state index in [0.717, 1.165) is 6.42 Å². The third-order valence-electron chi connectivity index (χ3n) is 6.10. The molecule has 0 N–H and O–H groups in total. The van der Waals surface area contributed by atoms with E-state index in [0.29, 0.717) is 0 Å². The zero-order valence-electron chi connectivity index (χ0n) is 21.2. The first-order valence-corrected chi connectivity index (χ1v) is 13.0. The standard InChI is InChI=1S/C23H29.C5H5.C3H4.Zr/c1-14-9-16-11-17-10-15(2)21(23(6,7)8)13-19(17)18(16)12-20(14)22(3,4)5;1-2-4-5-3-1;1-2-3-1;/h9-13H,1-8H3;1-3H,4H2;1-2H2;/q2*-1;;+2. The zero-order valence-corrected chi connectivity index (χ0v) is 23.7. The van der Waals surface area contributed by atoms with Crippen LogP contribution in [-0.4, -0.2) is 3.21 Å². The van der Waals surface area contributed by atoms with Crippen molar-refractivity contribution >= 4 is 24.8 Å². The molecule has 2 aliphatic carbocycles. The van der Waals surface area contributed by atoms with E-state index in [2.05, 4.69) is 97.9 Å². The number of aryl methyl sites for hydroxylation is 2. The first-order chi connectivity index (χ1) is 14.9. The van der Waals surface area contributed by atoms with E-state index in [1.807, 2.05) is 12.2 Å². The second-order valence-corrected chi connectivity index (χ2v) is 13.0. The Labute approximate surface area is 210 Å². The molecule has 3 aromatic carbocycles. The van der Waals surface area contributed by atoms with E-state index in [-0.39, 0.29) is 10.8 Å². The molecule has 2 aliphatic rings. The van der Waals surface area contributed by atoms with Gasteiger partial charge in [-0.05, 0) is 24.7 Å². The Kier molecular flexibility index (Phi) is 7.71. The van der Waals surface area contributed by atoms with Gasteiger partial charge in [0.25, 0.3) is 0 Å². The molecule has 0 bridgehead atoms. The van der Waals surface area contributed by atoms with Gasteiger partial charge < -0.3 is 0 Å². The van der Waals surface area contributed by atoms with Crippen LogP contribution in [0.1, 0.15) is 83.1 Å². The molecular formula is C31H38Zr. The summed E-state index contributed by atoms with van der Waals surface area (Å²) in [6, 6.07) is 11.9. The number of rotatable bonds is 0. The summed E-state index contributed by atoms with van der Waals surface area (Å²) < 4.78 is 1.76. The van der Waals surface area contributed by atoms with Crippen LogP contribution in [-0.2, 0) is 35.1 Å². The van der Waals surface area contributed by atoms with Gasteiger partial charge in [-0.3, -0.25) is 6.08 Å². The van der Waals surface area contributed by atoms with E-state index in [1.165, 1.54) is 56.6 Å². The fourth-order valence-corrected chi connectivity index (χ4v) is 4.66. The number of hydrogen-bond donors (Lipinski definition) is 0. The average Bonchev–Trinajstić information content (AvgIpc) is 3.14. The van der Waals surface area contributed by atoms with Crippen molar-refractivity contribution in [3.8, 4) is 0 Å². The Bertz CT molecular complexity index is 1090. The second kappa shape index (κ2) is 9.81. The minimum atomic E-state index is 0.180. The number of benzene rings is 2. The molecule has 0 atom stereocenters. The van der Waals surface area contributed by atoms with E-state index < -0.39 is 0 Å². The van der Waals surface area contributed by atoms with Gasteiger partial charge in [0.15, 0.2) is 0 Å². The van der Waals surface area contributed by atoms with Crippen molar-refractivity contribution in [2.24, 2.45) is 0 Å². The Hall–Kier alpha value is -1.46. The summed E-state index contributed by atoms with van der Waals surface area (Å²) in [7, 11) is 0. The SMILES string of the molecule is Cc1cc2[cH-]c3cc(C)c(C(C)(C)C)cc3c2cc1C(C)(C)C.[C-]1=CC=CC1.[Zr+2]=[C]1CC1. The summed E-state index contributed by atoms with van der Waals surface area (Å²) >= 11 is 1.66. The van der Waals surface area contributed by atoms with Crippen molar-refractivity contribution in [3.63, 3.8) is 0 Å². The zero-order chi connectivity index (χ0) is 23.7. The van der Waals surface area contributed by atoms with Gasteiger partial charge >= 0.3 is 40.3 Å². The first kappa shape index (κ1) is 25.2. The molecule has 0 spiro atoms. The van der Waals surface area contributed by atoms with Crippen molar-refractivity contribution in [2.75, 3.05) is 0 Å². The molecule has 166 valence electrons. The van der Waals surface area contributed by atoms with Crippen molar-refractivity contribution < 1.29 is 24.2 Å². The summed E-state index contributed by atoms with van der Waals surface area (Å²) in [5.74, 6) is 0. The van der Waals surface area contributed by atoms with Gasteiger partial charge in [0, 0.05) is 0 Å². The Morgan fingerprint density at radius 1 is 0.781 bits per heavy atom. The molecule has 0 unspecified atom stereocenters. The third kappa shape index (κ3) is 6.32. The van der Waals surface area contributed by atoms with Gasteiger partial charge in [-0.15, -0.1) is 46.2 Å². The van der Waals surface area contributed by atoms with Gasteiger partial charge in [-0.25, -0.2) is 12.2 Å². The van der Waals surface area contributed by atoms with Crippen LogP contribution in [0.3, 0.4) is 0 Å². The molecule has 0 nitrogen and oxygen atoms in total. The quantitative estimate of drug-likeness (QED) is 0.270. The summed E-state index contributed by atoms with van der Waals surface area (Å²) in [4.78, 5) is 0. The molecule has 0 heterocycles. The minimum absolute atomic E-state index is 0.180. The van der Waals surface area contributed by atoms with E-state index in [1.54, 1.807) is 27.4 Å². The fourth-order valence-electron chi connectivity index (χ4n) is 4.35. The summed E-state index contributed by atoms with van der Waals surface area (Å²) in [5.41, 5.74) is 6.06. The molecule has 0 saturated heterocycles. The summed E-state index contributed by atoms with van der Waals surface area (Å²) in [5, 5.41) is 5.55. The third-order valence-corrected chi connectivity index (χ3v) is 7.33. The molecule has 5 rings (SSSR count). The van der Waals surface area contributed by atoms with E-state index in [4.69, 9.17) is 0 Å². The molecule has 3 aromatic rings. The van der Waals surface area contributed by atoms with Crippen molar-refractivity contribution in [1.82, 2.24) is 0 Å². The molecule has 0 radical (unpaired) electrons. The van der Waals surface area contributed by atoms with Crippen LogP contribution in [0.2, 0.25) is 0 Å². The fraction of sp³-hybridized carbons (Fsp3) is 0.419. The Balaban J connectivity index is 0.000000264. The van der Waals surface area contributed by atoms with Crippen LogP contribution in [0.15, 0.2) is 48.6 Å². The van der Waals surface area contributed by atoms with E-state index in [9.17, 15) is 0 Å². The van der Waals surface area contributed by atoms with Crippen LogP contribution < -0.4 is 0 Å². The molecule has 1 saturated carbocycles. The van der Waals surface area contributed by atoms with Crippen LogP contribution in [0.25, 0.3) is 21.5 Å². The topological polar surface area (TPSA) is 0 Å². The van der Waals surface area contributed by atoms with Crippen molar-refractivity contribution in [1.29, 1.82) is 0 Å². The Morgan fingerprint density at radius 2 is 1.22 bits per heavy atom. The van der Waals surface area contributed by atoms with Gasteiger partial charge in [0.2, 0.25) is 0 Å². The molecule has 0 aromatic heterocycles. The predicted octanol–water partition coefficient (Wildman–Crippen LogP) is 8.73. The summed E-state index contributed by atoms with van der Waals surface area (Å²) in [6.07, 6.45) is 12.9. The monoisotopic (exact) mass is 500 g/mol. The molecule has 0 aliphatic heterocycles. The second-order valence-electron chi connectivity index (χ2n) is 11.3. The maximum absolute atomic E-state index is 2.99. The molecule has 0 amide bonds. The van der Waals surface area contributed by atoms with Gasteiger partial charge in [0.1, 0.15) is 0 Å². The van der Waals surface area contributed by atoms with Crippen LogP contribution in [0.4, 0.5) is 0 Å². The number of allylic oxidation sites excluding steroid dienone is 4. The average molecular weight is 502 g/mol. The van der Waals surface area contributed by atoms with Crippen molar-refractivity contribution in [2.45, 2.75) is 85.5 Å². The number of fused-ring (bicyclic) bond motifs is 3. The van der Waals surface area contributed by atoms with Crippen molar-refractivity contribution in [3.05, 3.63) is 76.9 Å². The maximum atomic E-state index is 2.99. The molecule has 32 heavy (non-hydrogen) atoms.